The number of imide groups is 1. The van der Waals surface area contributed by atoms with Crippen molar-refractivity contribution in [3.63, 3.8) is 0 Å². The van der Waals surface area contributed by atoms with Gasteiger partial charge in [-0.1, -0.05) is 18.7 Å². The highest BCUT2D eigenvalue weighted by atomic mass is 16.2. The average Bonchev–Trinajstić information content (AvgIpc) is 2.58. The maximum atomic E-state index is 11.5. The molecule has 0 radical (unpaired) electrons. The Hall–Kier alpha value is -2.10. The molecule has 16 heavy (non-hydrogen) atoms. The summed E-state index contributed by atoms with van der Waals surface area (Å²) in [4.78, 5) is 24.1. The molecule has 1 saturated heterocycles. The molecule has 4 heteroatoms. The predicted octanol–water partition coefficient (Wildman–Crippen LogP) is 1.69. The van der Waals surface area contributed by atoms with Crippen LogP contribution >= 0.6 is 0 Å². The summed E-state index contributed by atoms with van der Waals surface area (Å²) in [7, 11) is 0. The first-order chi connectivity index (χ1) is 7.63. The Kier molecular flexibility index (Phi) is 2.48. The van der Waals surface area contributed by atoms with Crippen molar-refractivity contribution < 1.29 is 9.59 Å². The summed E-state index contributed by atoms with van der Waals surface area (Å²) in [6.45, 7) is 5.68. The summed E-state index contributed by atoms with van der Waals surface area (Å²) in [5, 5.41) is 2.48. The Morgan fingerprint density at radius 3 is 2.69 bits per heavy atom. The number of carbonyl (C=O) groups excluding carboxylic acids is 2. The Balaban J connectivity index is 2.41. The highest BCUT2D eigenvalue weighted by Crippen LogP contribution is 2.21. The van der Waals surface area contributed by atoms with Crippen LogP contribution in [0.5, 0.6) is 0 Å². The average molecular weight is 216 g/mol. The summed E-state index contributed by atoms with van der Waals surface area (Å²) < 4.78 is 0. The van der Waals surface area contributed by atoms with Gasteiger partial charge in [0.1, 0.15) is 0 Å². The molecule has 2 rings (SSSR count). The van der Waals surface area contributed by atoms with Crippen LogP contribution in [0.25, 0.3) is 6.08 Å². The molecule has 0 bridgehead atoms. The molecule has 0 unspecified atom stereocenters. The first-order valence-electron chi connectivity index (χ1n) is 4.97. The van der Waals surface area contributed by atoms with Crippen LogP contribution in [0.3, 0.4) is 0 Å². The van der Waals surface area contributed by atoms with Gasteiger partial charge in [-0.05, 0) is 30.2 Å². The SMILES string of the molecule is C=Cc1ccc(N2C(=O)CNC2=O)cc1C. The van der Waals surface area contributed by atoms with Crippen LogP contribution in [0.15, 0.2) is 24.8 Å². The van der Waals surface area contributed by atoms with Gasteiger partial charge < -0.3 is 5.32 Å². The van der Waals surface area contributed by atoms with Gasteiger partial charge >= 0.3 is 6.03 Å². The Bertz CT molecular complexity index is 464. The van der Waals surface area contributed by atoms with E-state index in [4.69, 9.17) is 0 Å². The molecule has 0 spiro atoms. The molecule has 0 atom stereocenters. The summed E-state index contributed by atoms with van der Waals surface area (Å²) in [5.41, 5.74) is 2.58. The minimum Gasteiger partial charge on any atom is -0.328 e. The van der Waals surface area contributed by atoms with Crippen LogP contribution in [-0.2, 0) is 4.79 Å². The fourth-order valence-electron chi connectivity index (χ4n) is 1.71. The van der Waals surface area contributed by atoms with Gasteiger partial charge in [0.25, 0.3) is 5.91 Å². The van der Waals surface area contributed by atoms with Crippen molar-refractivity contribution in [2.75, 3.05) is 11.4 Å². The second kappa shape index (κ2) is 3.81. The molecule has 3 amide bonds. The number of anilines is 1. The van der Waals surface area contributed by atoms with Crippen molar-refractivity contribution >= 4 is 23.7 Å². The van der Waals surface area contributed by atoms with E-state index < -0.39 is 0 Å². The molecule has 1 aromatic carbocycles. The van der Waals surface area contributed by atoms with Gasteiger partial charge in [0.2, 0.25) is 0 Å². The van der Waals surface area contributed by atoms with Gasteiger partial charge in [-0.3, -0.25) is 4.79 Å². The number of rotatable bonds is 2. The van der Waals surface area contributed by atoms with Crippen molar-refractivity contribution in [2.45, 2.75) is 6.92 Å². The number of nitrogens with one attached hydrogen (secondary N) is 1. The van der Waals surface area contributed by atoms with Crippen molar-refractivity contribution in [3.8, 4) is 0 Å². The second-order valence-corrected chi connectivity index (χ2v) is 3.63. The smallest absolute Gasteiger partial charge is 0.328 e. The van der Waals surface area contributed by atoms with E-state index in [-0.39, 0.29) is 18.5 Å². The lowest BCUT2D eigenvalue weighted by Gasteiger charge is -2.13. The highest BCUT2D eigenvalue weighted by Gasteiger charge is 2.29. The number of carbonyl (C=O) groups is 2. The molecule has 0 aliphatic carbocycles. The maximum absolute atomic E-state index is 11.5. The Morgan fingerprint density at radius 1 is 1.44 bits per heavy atom. The number of benzene rings is 1. The zero-order chi connectivity index (χ0) is 11.7. The van der Waals surface area contributed by atoms with Crippen LogP contribution in [0.2, 0.25) is 0 Å². The van der Waals surface area contributed by atoms with Crippen LogP contribution in [0.4, 0.5) is 10.5 Å². The van der Waals surface area contributed by atoms with Crippen molar-refractivity contribution in [2.24, 2.45) is 0 Å². The number of aryl methyl sites for hydroxylation is 1. The third-order valence-corrected chi connectivity index (χ3v) is 2.57. The van der Waals surface area contributed by atoms with E-state index in [1.165, 1.54) is 0 Å². The van der Waals surface area contributed by atoms with Gasteiger partial charge in [-0.2, -0.15) is 0 Å². The lowest BCUT2D eigenvalue weighted by molar-refractivity contribution is -0.115. The van der Waals surface area contributed by atoms with E-state index in [1.807, 2.05) is 13.0 Å². The molecule has 82 valence electrons. The van der Waals surface area contributed by atoms with Gasteiger partial charge in [0.15, 0.2) is 0 Å². The second-order valence-electron chi connectivity index (χ2n) is 3.63. The molecule has 4 nitrogen and oxygen atoms in total. The van der Waals surface area contributed by atoms with Crippen LogP contribution in [-0.4, -0.2) is 18.5 Å². The van der Waals surface area contributed by atoms with Crippen LogP contribution in [0.1, 0.15) is 11.1 Å². The molecule has 1 aromatic rings. The van der Waals surface area contributed by atoms with Gasteiger partial charge in [0.05, 0.1) is 12.2 Å². The largest absolute Gasteiger partial charge is 0.329 e. The first kappa shape index (κ1) is 10.4. The molecular weight excluding hydrogens is 204 g/mol. The first-order valence-corrected chi connectivity index (χ1v) is 4.97. The van der Waals surface area contributed by atoms with Crippen molar-refractivity contribution in [3.05, 3.63) is 35.9 Å². The summed E-state index contributed by atoms with van der Waals surface area (Å²) in [6, 6.07) is 5.03. The molecule has 1 fully saturated rings. The van der Waals surface area contributed by atoms with E-state index in [9.17, 15) is 9.59 Å². The molecule has 1 aliphatic heterocycles. The lowest BCUT2D eigenvalue weighted by atomic mass is 10.1. The van der Waals surface area contributed by atoms with Crippen LogP contribution in [0, 0.1) is 6.92 Å². The molecule has 0 saturated carbocycles. The lowest BCUT2D eigenvalue weighted by Crippen LogP contribution is -2.30. The third-order valence-electron chi connectivity index (χ3n) is 2.57. The third kappa shape index (κ3) is 1.58. The number of urea groups is 1. The van der Waals surface area contributed by atoms with Crippen molar-refractivity contribution in [1.29, 1.82) is 0 Å². The van der Waals surface area contributed by atoms with E-state index in [0.717, 1.165) is 16.0 Å². The van der Waals surface area contributed by atoms with Gasteiger partial charge in [-0.25, -0.2) is 9.69 Å². The quantitative estimate of drug-likeness (QED) is 0.765. The highest BCUT2D eigenvalue weighted by molar-refractivity contribution is 6.19. The number of amides is 3. The molecular formula is C12H12N2O2. The molecule has 1 aliphatic rings. The van der Waals surface area contributed by atoms with E-state index in [2.05, 4.69) is 11.9 Å². The Morgan fingerprint density at radius 2 is 2.19 bits per heavy atom. The van der Waals surface area contributed by atoms with Crippen molar-refractivity contribution in [1.82, 2.24) is 5.32 Å². The Labute approximate surface area is 93.6 Å². The topological polar surface area (TPSA) is 49.4 Å². The zero-order valence-corrected chi connectivity index (χ0v) is 8.99. The van der Waals surface area contributed by atoms with Gasteiger partial charge in [-0.15, -0.1) is 0 Å². The number of nitrogens with zero attached hydrogens (tertiary/aromatic N) is 1. The predicted molar refractivity (Wildman–Crippen MR) is 62.2 cm³/mol. The fraction of sp³-hybridized carbons (Fsp3) is 0.167. The van der Waals surface area contributed by atoms with E-state index in [0.29, 0.717) is 5.69 Å². The summed E-state index contributed by atoms with van der Waals surface area (Å²) in [5.74, 6) is -0.226. The van der Waals surface area contributed by atoms with E-state index in [1.54, 1.807) is 18.2 Å². The zero-order valence-electron chi connectivity index (χ0n) is 8.99. The molecule has 0 aromatic heterocycles. The number of hydrogen-bond acceptors (Lipinski definition) is 2. The monoisotopic (exact) mass is 216 g/mol. The molecule has 1 heterocycles. The minimum absolute atomic E-state index is 0.0705. The minimum atomic E-state index is -0.365. The molecule has 1 N–H and O–H groups in total. The van der Waals surface area contributed by atoms with Gasteiger partial charge in [0, 0.05) is 0 Å². The standard InChI is InChI=1S/C12H12N2O2/c1-3-9-4-5-10(6-8(9)2)14-11(15)7-13-12(14)16/h3-6H,1,7H2,2H3,(H,13,16). The number of hydrogen-bond donors (Lipinski definition) is 1. The fourth-order valence-corrected chi connectivity index (χ4v) is 1.71. The maximum Gasteiger partial charge on any atom is 0.329 e. The normalized spacial score (nSPS) is 15.2. The summed E-state index contributed by atoms with van der Waals surface area (Å²) in [6.07, 6.45) is 1.74. The van der Waals surface area contributed by atoms with E-state index >= 15 is 0 Å². The summed E-state index contributed by atoms with van der Waals surface area (Å²) >= 11 is 0. The van der Waals surface area contributed by atoms with Crippen LogP contribution < -0.4 is 10.2 Å².